The minimum Gasteiger partial charge on any atom is -0.358 e. The van der Waals surface area contributed by atoms with E-state index in [9.17, 15) is 4.39 Å². The van der Waals surface area contributed by atoms with E-state index in [-0.39, 0.29) is 5.82 Å². The molecule has 1 heterocycles. The van der Waals surface area contributed by atoms with Gasteiger partial charge in [-0.25, -0.2) is 9.37 Å². The summed E-state index contributed by atoms with van der Waals surface area (Å²) in [6, 6.07) is 6.58. The lowest BCUT2D eigenvalue weighted by molar-refractivity contribution is 0.618. The summed E-state index contributed by atoms with van der Waals surface area (Å²) in [5, 5.41) is 2.89. The third kappa shape index (κ3) is 1.35. The molecule has 0 spiro atoms. The molecule has 0 unspecified atom stereocenters. The summed E-state index contributed by atoms with van der Waals surface area (Å²) in [4.78, 5) is 4.04. The monoisotopic (exact) mass is 191 g/mol. The van der Waals surface area contributed by atoms with Crippen molar-refractivity contribution in [3.63, 3.8) is 0 Å². The van der Waals surface area contributed by atoms with Gasteiger partial charge in [0.2, 0.25) is 5.95 Å². The Hall–Kier alpha value is -1.84. The first-order chi connectivity index (χ1) is 6.83. The molecule has 2 rings (SSSR count). The highest BCUT2D eigenvalue weighted by atomic mass is 19.1. The van der Waals surface area contributed by atoms with Gasteiger partial charge in [0.25, 0.3) is 0 Å². The summed E-state index contributed by atoms with van der Waals surface area (Å²) in [6.07, 6.45) is 3.34. The maximum Gasteiger partial charge on any atom is 0.207 e. The van der Waals surface area contributed by atoms with Crippen LogP contribution in [0.5, 0.6) is 0 Å². The maximum absolute atomic E-state index is 13.4. The third-order valence-corrected chi connectivity index (χ3v) is 1.98. The molecule has 0 fully saturated rings. The zero-order chi connectivity index (χ0) is 9.97. The second-order valence-electron chi connectivity index (χ2n) is 2.82. The number of imidazole rings is 1. The van der Waals surface area contributed by atoms with Crippen LogP contribution in [0.15, 0.2) is 36.7 Å². The number of nitrogens with zero attached hydrogens (tertiary/aromatic N) is 2. The van der Waals surface area contributed by atoms with Crippen molar-refractivity contribution in [1.82, 2.24) is 9.55 Å². The standard InChI is InChI=1S/C10H10FN3/c1-12-10-13-6-7-14(10)9-5-3-2-4-8(9)11/h2-7H,1H3,(H,12,13). The fourth-order valence-corrected chi connectivity index (χ4v) is 1.33. The Morgan fingerprint density at radius 2 is 2.14 bits per heavy atom. The predicted molar refractivity (Wildman–Crippen MR) is 53.1 cm³/mol. The van der Waals surface area contributed by atoms with Crippen LogP contribution >= 0.6 is 0 Å². The summed E-state index contributed by atoms with van der Waals surface area (Å²) in [7, 11) is 1.75. The summed E-state index contributed by atoms with van der Waals surface area (Å²) < 4.78 is 15.1. The fraction of sp³-hybridized carbons (Fsp3) is 0.100. The zero-order valence-corrected chi connectivity index (χ0v) is 7.74. The molecule has 14 heavy (non-hydrogen) atoms. The van der Waals surface area contributed by atoms with Crippen molar-refractivity contribution >= 4 is 5.95 Å². The van der Waals surface area contributed by atoms with Gasteiger partial charge in [-0.1, -0.05) is 12.1 Å². The van der Waals surface area contributed by atoms with Crippen LogP contribution in [-0.4, -0.2) is 16.6 Å². The second-order valence-corrected chi connectivity index (χ2v) is 2.82. The van der Waals surface area contributed by atoms with E-state index in [1.165, 1.54) is 6.07 Å². The summed E-state index contributed by atoms with van der Waals surface area (Å²) in [5.41, 5.74) is 0.495. The quantitative estimate of drug-likeness (QED) is 0.787. The molecule has 0 atom stereocenters. The van der Waals surface area contributed by atoms with Gasteiger partial charge in [0, 0.05) is 19.4 Å². The van der Waals surface area contributed by atoms with E-state index in [0.717, 1.165) is 0 Å². The molecule has 0 aliphatic rings. The van der Waals surface area contributed by atoms with Crippen molar-refractivity contribution in [1.29, 1.82) is 0 Å². The van der Waals surface area contributed by atoms with Gasteiger partial charge in [0.15, 0.2) is 0 Å². The second kappa shape index (κ2) is 3.49. The molecule has 0 amide bonds. The molecule has 1 aromatic carbocycles. The van der Waals surface area contributed by atoms with Gasteiger partial charge in [-0.05, 0) is 12.1 Å². The summed E-state index contributed by atoms with van der Waals surface area (Å²) in [6.45, 7) is 0. The summed E-state index contributed by atoms with van der Waals surface area (Å²) >= 11 is 0. The minimum atomic E-state index is -0.262. The smallest absolute Gasteiger partial charge is 0.207 e. The molecular formula is C10H10FN3. The van der Waals surface area contributed by atoms with Gasteiger partial charge in [-0.2, -0.15) is 0 Å². The largest absolute Gasteiger partial charge is 0.358 e. The number of benzene rings is 1. The van der Waals surface area contributed by atoms with Crippen LogP contribution < -0.4 is 5.32 Å². The lowest BCUT2D eigenvalue weighted by atomic mass is 10.3. The first-order valence-electron chi connectivity index (χ1n) is 4.29. The van der Waals surface area contributed by atoms with Crippen LogP contribution in [0, 0.1) is 5.82 Å². The normalized spacial score (nSPS) is 10.1. The van der Waals surface area contributed by atoms with Crippen molar-refractivity contribution in [3.8, 4) is 5.69 Å². The number of hydrogen-bond acceptors (Lipinski definition) is 2. The highest BCUT2D eigenvalue weighted by Gasteiger charge is 2.06. The Balaban J connectivity index is 2.54. The number of nitrogens with one attached hydrogen (secondary N) is 1. The van der Waals surface area contributed by atoms with E-state index in [0.29, 0.717) is 11.6 Å². The Labute approximate surface area is 81.2 Å². The Morgan fingerprint density at radius 3 is 2.86 bits per heavy atom. The van der Waals surface area contributed by atoms with E-state index in [1.54, 1.807) is 42.2 Å². The molecule has 0 saturated carbocycles. The van der Waals surface area contributed by atoms with Crippen molar-refractivity contribution in [2.24, 2.45) is 0 Å². The van der Waals surface area contributed by atoms with E-state index in [1.807, 2.05) is 0 Å². The van der Waals surface area contributed by atoms with Crippen LogP contribution in [0.3, 0.4) is 0 Å². The number of aromatic nitrogens is 2. The fourth-order valence-electron chi connectivity index (χ4n) is 1.33. The van der Waals surface area contributed by atoms with E-state index in [2.05, 4.69) is 10.3 Å². The lowest BCUT2D eigenvalue weighted by Gasteiger charge is -2.07. The molecule has 4 heteroatoms. The number of hydrogen-bond donors (Lipinski definition) is 1. The molecular weight excluding hydrogens is 181 g/mol. The minimum absolute atomic E-state index is 0.262. The van der Waals surface area contributed by atoms with Gasteiger partial charge in [-0.3, -0.25) is 4.57 Å². The number of rotatable bonds is 2. The van der Waals surface area contributed by atoms with Gasteiger partial charge < -0.3 is 5.32 Å². The highest BCUT2D eigenvalue weighted by Crippen LogP contribution is 2.16. The van der Waals surface area contributed by atoms with Crippen LogP contribution in [0.25, 0.3) is 5.69 Å². The van der Waals surface area contributed by atoms with Crippen molar-refractivity contribution in [2.45, 2.75) is 0 Å². The van der Waals surface area contributed by atoms with Crippen molar-refractivity contribution in [2.75, 3.05) is 12.4 Å². The highest BCUT2D eigenvalue weighted by molar-refractivity contribution is 5.42. The predicted octanol–water partition coefficient (Wildman–Crippen LogP) is 2.05. The molecule has 2 aromatic rings. The van der Waals surface area contributed by atoms with Crippen molar-refractivity contribution < 1.29 is 4.39 Å². The third-order valence-electron chi connectivity index (χ3n) is 1.98. The van der Waals surface area contributed by atoms with Crippen LogP contribution in [0.1, 0.15) is 0 Å². The van der Waals surface area contributed by atoms with Crippen LogP contribution in [-0.2, 0) is 0 Å². The van der Waals surface area contributed by atoms with Gasteiger partial charge in [0.05, 0.1) is 5.69 Å². The average molecular weight is 191 g/mol. The van der Waals surface area contributed by atoms with Crippen molar-refractivity contribution in [3.05, 3.63) is 42.5 Å². The first kappa shape index (κ1) is 8.74. The zero-order valence-electron chi connectivity index (χ0n) is 7.74. The molecule has 72 valence electrons. The van der Waals surface area contributed by atoms with E-state index in [4.69, 9.17) is 0 Å². The Morgan fingerprint density at radius 1 is 1.36 bits per heavy atom. The molecule has 3 nitrogen and oxygen atoms in total. The lowest BCUT2D eigenvalue weighted by Crippen LogP contribution is -2.02. The number of halogens is 1. The molecule has 0 aliphatic heterocycles. The Bertz CT molecular complexity index is 436. The molecule has 0 bridgehead atoms. The molecule has 0 aliphatic carbocycles. The topological polar surface area (TPSA) is 29.9 Å². The first-order valence-corrected chi connectivity index (χ1v) is 4.29. The SMILES string of the molecule is CNc1nccn1-c1ccccc1F. The summed E-state index contributed by atoms with van der Waals surface area (Å²) in [5.74, 6) is 0.358. The van der Waals surface area contributed by atoms with E-state index < -0.39 is 0 Å². The number of anilines is 1. The van der Waals surface area contributed by atoms with Crippen LogP contribution in [0.4, 0.5) is 10.3 Å². The van der Waals surface area contributed by atoms with E-state index >= 15 is 0 Å². The molecule has 1 aromatic heterocycles. The molecule has 0 saturated heterocycles. The van der Waals surface area contributed by atoms with Crippen LogP contribution in [0.2, 0.25) is 0 Å². The van der Waals surface area contributed by atoms with Gasteiger partial charge in [0.1, 0.15) is 5.82 Å². The maximum atomic E-state index is 13.4. The molecule has 1 N–H and O–H groups in total. The number of para-hydroxylation sites is 1. The Kier molecular flexibility index (Phi) is 2.18. The van der Waals surface area contributed by atoms with Gasteiger partial charge in [-0.15, -0.1) is 0 Å². The van der Waals surface area contributed by atoms with Gasteiger partial charge >= 0.3 is 0 Å². The average Bonchev–Trinajstić information content (AvgIpc) is 2.66. The molecule has 0 radical (unpaired) electrons.